The normalized spacial score (nSPS) is 20.4. The Bertz CT molecular complexity index is 1090. The van der Waals surface area contributed by atoms with Crippen molar-refractivity contribution < 1.29 is 19.5 Å². The number of carboxylic acids is 1. The van der Waals surface area contributed by atoms with Gasteiger partial charge in [-0.25, -0.2) is 4.68 Å². The van der Waals surface area contributed by atoms with Crippen LogP contribution < -0.4 is 15.8 Å². The summed E-state index contributed by atoms with van der Waals surface area (Å²) in [5.74, 6) is -1.67. The van der Waals surface area contributed by atoms with E-state index in [9.17, 15) is 19.2 Å². The van der Waals surface area contributed by atoms with Crippen LogP contribution in [0.15, 0.2) is 23.0 Å². The van der Waals surface area contributed by atoms with Gasteiger partial charge in [0, 0.05) is 43.7 Å². The van der Waals surface area contributed by atoms with Crippen LogP contribution in [0.5, 0.6) is 0 Å². The molecule has 0 spiro atoms. The van der Waals surface area contributed by atoms with Crippen molar-refractivity contribution in [1.29, 1.82) is 0 Å². The molecule has 10 nitrogen and oxygen atoms in total. The first-order chi connectivity index (χ1) is 14.3. The van der Waals surface area contributed by atoms with E-state index in [1.165, 1.54) is 4.68 Å². The zero-order valence-corrected chi connectivity index (χ0v) is 16.6. The number of benzene rings is 1. The first-order valence-electron chi connectivity index (χ1n) is 9.89. The van der Waals surface area contributed by atoms with E-state index in [1.807, 2.05) is 17.0 Å². The van der Waals surface area contributed by atoms with Crippen LogP contribution in [0.4, 0.5) is 5.69 Å². The maximum absolute atomic E-state index is 13.0. The molecule has 0 bridgehead atoms. The lowest BCUT2D eigenvalue weighted by Crippen LogP contribution is -2.48. The first-order valence-corrected chi connectivity index (χ1v) is 9.89. The number of aliphatic carboxylic acids is 1. The third kappa shape index (κ3) is 3.78. The van der Waals surface area contributed by atoms with Gasteiger partial charge in [-0.1, -0.05) is 0 Å². The Balaban J connectivity index is 1.61. The number of piperidine rings is 1. The fourth-order valence-electron chi connectivity index (χ4n) is 4.08. The lowest BCUT2D eigenvalue weighted by Gasteiger charge is -2.35. The average molecular weight is 413 g/mol. The predicted molar refractivity (Wildman–Crippen MR) is 108 cm³/mol. The van der Waals surface area contributed by atoms with Crippen LogP contribution in [0.1, 0.15) is 24.6 Å². The fourth-order valence-corrected chi connectivity index (χ4v) is 4.08. The van der Waals surface area contributed by atoms with Gasteiger partial charge in [0.1, 0.15) is 6.04 Å². The average Bonchev–Trinajstić information content (AvgIpc) is 2.71. The van der Waals surface area contributed by atoms with Crippen molar-refractivity contribution in [3.63, 3.8) is 0 Å². The molecule has 2 N–H and O–H groups in total. The summed E-state index contributed by atoms with van der Waals surface area (Å²) in [7, 11) is 0. The monoisotopic (exact) mass is 413 g/mol. The minimum atomic E-state index is -0.830. The van der Waals surface area contributed by atoms with Crippen LogP contribution in [-0.4, -0.2) is 70.3 Å². The van der Waals surface area contributed by atoms with Gasteiger partial charge in [-0.05, 0) is 31.5 Å². The van der Waals surface area contributed by atoms with Gasteiger partial charge in [0.25, 0.3) is 11.5 Å². The molecule has 0 aliphatic carbocycles. The minimum Gasteiger partial charge on any atom is -0.480 e. The van der Waals surface area contributed by atoms with Crippen molar-refractivity contribution in [2.24, 2.45) is 0 Å². The van der Waals surface area contributed by atoms with Gasteiger partial charge in [0.05, 0.1) is 17.6 Å². The van der Waals surface area contributed by atoms with Crippen molar-refractivity contribution in [1.82, 2.24) is 20.0 Å². The smallest absolute Gasteiger partial charge is 0.317 e. The van der Waals surface area contributed by atoms with Crippen molar-refractivity contribution in [3.05, 3.63) is 34.2 Å². The number of aryl methyl sites for hydroxylation is 1. The highest BCUT2D eigenvalue weighted by Crippen LogP contribution is 2.24. The zero-order valence-electron chi connectivity index (χ0n) is 16.6. The lowest BCUT2D eigenvalue weighted by atomic mass is 10.1. The van der Waals surface area contributed by atoms with Crippen molar-refractivity contribution in [2.75, 3.05) is 37.6 Å². The van der Waals surface area contributed by atoms with Crippen LogP contribution in [0.2, 0.25) is 0 Å². The molecule has 1 atom stereocenters. The highest BCUT2D eigenvalue weighted by molar-refractivity contribution is 5.99. The number of carbonyl (C=O) groups excluding carboxylic acids is 2. The molecule has 1 unspecified atom stereocenters. The van der Waals surface area contributed by atoms with E-state index in [0.717, 1.165) is 5.69 Å². The highest BCUT2D eigenvalue weighted by Gasteiger charge is 2.30. The summed E-state index contributed by atoms with van der Waals surface area (Å²) < 4.78 is 1.18. The number of imide groups is 1. The number of fused-ring (bicyclic) bond motifs is 1. The van der Waals surface area contributed by atoms with Gasteiger partial charge in [0.2, 0.25) is 5.91 Å². The van der Waals surface area contributed by atoms with Crippen LogP contribution in [0.25, 0.3) is 10.8 Å². The summed E-state index contributed by atoms with van der Waals surface area (Å²) >= 11 is 0. The predicted octanol–water partition coefficient (Wildman–Crippen LogP) is -0.111. The second kappa shape index (κ2) is 7.86. The van der Waals surface area contributed by atoms with E-state index in [4.69, 9.17) is 5.11 Å². The molecule has 1 aromatic heterocycles. The van der Waals surface area contributed by atoms with Gasteiger partial charge in [-0.2, -0.15) is 5.10 Å². The van der Waals surface area contributed by atoms with E-state index >= 15 is 0 Å². The molecule has 2 saturated heterocycles. The van der Waals surface area contributed by atoms with Crippen LogP contribution in [0.3, 0.4) is 0 Å². The number of rotatable bonds is 4. The molecule has 1 aromatic carbocycles. The quantitative estimate of drug-likeness (QED) is 0.665. The number of anilines is 1. The summed E-state index contributed by atoms with van der Waals surface area (Å²) in [5.41, 5.74) is 1.21. The van der Waals surface area contributed by atoms with Gasteiger partial charge in [0.15, 0.2) is 0 Å². The molecule has 2 amide bonds. The van der Waals surface area contributed by atoms with Gasteiger partial charge in [-0.15, -0.1) is 0 Å². The van der Waals surface area contributed by atoms with Crippen molar-refractivity contribution in [3.8, 4) is 0 Å². The number of piperazine rings is 1. The molecular weight excluding hydrogens is 390 g/mol. The summed E-state index contributed by atoms with van der Waals surface area (Å²) in [6.45, 7) is 4.52. The number of carboxylic acid groups (broad SMARTS) is 1. The Morgan fingerprint density at radius 2 is 1.90 bits per heavy atom. The summed E-state index contributed by atoms with van der Waals surface area (Å²) in [5, 5.41) is 16.8. The third-order valence-electron chi connectivity index (χ3n) is 5.69. The van der Waals surface area contributed by atoms with E-state index in [2.05, 4.69) is 15.3 Å². The van der Waals surface area contributed by atoms with Gasteiger partial charge < -0.3 is 10.0 Å². The fraction of sp³-hybridized carbons (Fsp3) is 0.450. The number of hydrogen-bond donors (Lipinski definition) is 2. The molecule has 0 radical (unpaired) electrons. The SMILES string of the molecule is Cc1nn(C2CCC(=O)NC2=O)c(=O)c2ccc(N3CCN(CC(=O)O)CC3)cc12. The molecule has 2 aliphatic heterocycles. The molecule has 2 aromatic rings. The van der Waals surface area contributed by atoms with Crippen molar-refractivity contribution >= 4 is 34.2 Å². The summed E-state index contributed by atoms with van der Waals surface area (Å²) in [4.78, 5) is 51.5. The summed E-state index contributed by atoms with van der Waals surface area (Å²) in [6.07, 6.45) is 0.426. The zero-order chi connectivity index (χ0) is 21.4. The van der Waals surface area contributed by atoms with Gasteiger partial charge in [-0.3, -0.25) is 29.4 Å². The largest absolute Gasteiger partial charge is 0.480 e. The Kier molecular flexibility index (Phi) is 5.25. The molecular formula is C20H23N5O5. The molecule has 4 rings (SSSR count). The van der Waals surface area contributed by atoms with E-state index in [1.54, 1.807) is 13.0 Å². The maximum atomic E-state index is 13.0. The number of carbonyl (C=O) groups is 3. The molecule has 3 heterocycles. The van der Waals surface area contributed by atoms with Gasteiger partial charge >= 0.3 is 5.97 Å². The summed E-state index contributed by atoms with van der Waals surface area (Å²) in [6, 6.07) is 4.74. The Labute approximate surface area is 172 Å². The molecule has 30 heavy (non-hydrogen) atoms. The van der Waals surface area contributed by atoms with Crippen molar-refractivity contribution in [2.45, 2.75) is 25.8 Å². The van der Waals surface area contributed by atoms with Crippen LogP contribution in [-0.2, 0) is 14.4 Å². The molecule has 2 fully saturated rings. The Hall–Kier alpha value is -3.27. The van der Waals surface area contributed by atoms with Crippen LogP contribution >= 0.6 is 0 Å². The Morgan fingerprint density at radius 3 is 2.57 bits per heavy atom. The number of aromatic nitrogens is 2. The number of hydrogen-bond acceptors (Lipinski definition) is 7. The maximum Gasteiger partial charge on any atom is 0.317 e. The first kappa shape index (κ1) is 20.0. The van der Waals surface area contributed by atoms with E-state index in [0.29, 0.717) is 42.6 Å². The standard InChI is InChI=1S/C20H23N5O5/c1-12-15-10-13(24-8-6-23(7-9-24)11-18(27)28)2-3-14(15)20(30)25(22-12)16-4-5-17(26)21-19(16)29/h2-3,10,16H,4-9,11H2,1H3,(H,27,28)(H,21,26,29). The number of amides is 2. The molecule has 158 valence electrons. The molecule has 0 saturated carbocycles. The minimum absolute atomic E-state index is 0.0362. The second-order valence-electron chi connectivity index (χ2n) is 7.69. The molecule has 10 heteroatoms. The second-order valence-corrected chi connectivity index (χ2v) is 7.69. The highest BCUT2D eigenvalue weighted by atomic mass is 16.4. The molecule has 2 aliphatic rings. The lowest BCUT2D eigenvalue weighted by molar-refractivity contribution is -0.138. The third-order valence-corrected chi connectivity index (χ3v) is 5.69. The number of nitrogens with zero attached hydrogens (tertiary/aromatic N) is 4. The van der Waals surface area contributed by atoms with E-state index in [-0.39, 0.29) is 30.9 Å². The number of nitrogens with one attached hydrogen (secondary N) is 1. The van der Waals surface area contributed by atoms with Crippen LogP contribution in [0, 0.1) is 6.92 Å². The topological polar surface area (TPSA) is 125 Å². The Morgan fingerprint density at radius 1 is 1.17 bits per heavy atom. The van der Waals surface area contributed by atoms with E-state index < -0.39 is 17.9 Å².